The van der Waals surface area contributed by atoms with Crippen LogP contribution in [0.2, 0.25) is 0 Å². The average Bonchev–Trinajstić information content (AvgIpc) is 3.36. The van der Waals surface area contributed by atoms with Gasteiger partial charge in [0.15, 0.2) is 12.4 Å². The summed E-state index contributed by atoms with van der Waals surface area (Å²) in [4.78, 5) is 37.0. The lowest BCUT2D eigenvalue weighted by Crippen LogP contribution is -2.45. The number of carbonyl (C=O) groups is 3. The van der Waals surface area contributed by atoms with Gasteiger partial charge in [-0.25, -0.2) is 13.2 Å². The number of nitrogens with one attached hydrogen (secondary N) is 2. The first-order valence-corrected chi connectivity index (χ1v) is 12.1. The van der Waals surface area contributed by atoms with Crippen molar-refractivity contribution in [1.82, 2.24) is 9.62 Å². The average molecular weight is 494 g/mol. The molecule has 184 valence electrons. The van der Waals surface area contributed by atoms with Crippen LogP contribution in [0.4, 0.5) is 5.69 Å². The smallest absolute Gasteiger partial charge is 0.329 e. The van der Waals surface area contributed by atoms with Gasteiger partial charge in [0.1, 0.15) is 6.04 Å². The molecular weight excluding hydrogens is 466 g/mol. The molecule has 0 spiro atoms. The summed E-state index contributed by atoms with van der Waals surface area (Å²) in [6, 6.07) is 7.82. The summed E-state index contributed by atoms with van der Waals surface area (Å²) in [6.45, 7) is 3.97. The Labute approximate surface area is 197 Å². The maximum Gasteiger partial charge on any atom is 0.329 e. The Morgan fingerprint density at radius 2 is 1.85 bits per heavy atom. The van der Waals surface area contributed by atoms with Crippen molar-refractivity contribution in [3.8, 4) is 0 Å². The van der Waals surface area contributed by atoms with Gasteiger partial charge in [-0.15, -0.1) is 0 Å². The van der Waals surface area contributed by atoms with Crippen LogP contribution in [0.25, 0.3) is 0 Å². The van der Waals surface area contributed by atoms with Crippen molar-refractivity contribution in [2.24, 2.45) is 5.92 Å². The predicted molar refractivity (Wildman–Crippen MR) is 120 cm³/mol. The van der Waals surface area contributed by atoms with Crippen LogP contribution in [0.1, 0.15) is 24.4 Å². The number of ether oxygens (including phenoxy) is 2. The molecule has 2 aromatic rings. The second-order valence-electron chi connectivity index (χ2n) is 7.87. The number of sulfonamides is 1. The number of hydrogen-bond donors (Lipinski definition) is 2. The Morgan fingerprint density at radius 1 is 1.12 bits per heavy atom. The zero-order chi connectivity index (χ0) is 24.7. The van der Waals surface area contributed by atoms with Gasteiger partial charge in [-0.2, -0.15) is 4.31 Å². The largest absolute Gasteiger partial charge is 0.459 e. The number of hydrogen-bond acceptors (Lipinski definition) is 8. The highest BCUT2D eigenvalue weighted by Crippen LogP contribution is 2.20. The van der Waals surface area contributed by atoms with Crippen molar-refractivity contribution in [2.75, 3.05) is 38.2 Å². The van der Waals surface area contributed by atoms with Gasteiger partial charge < -0.3 is 24.5 Å². The van der Waals surface area contributed by atoms with Gasteiger partial charge in [-0.3, -0.25) is 9.59 Å². The van der Waals surface area contributed by atoms with Gasteiger partial charge in [-0.05, 0) is 36.2 Å². The zero-order valence-electron chi connectivity index (χ0n) is 18.9. The molecule has 2 N–H and O–H groups in total. The molecule has 12 heteroatoms. The fourth-order valence-corrected chi connectivity index (χ4v) is 4.67. The minimum Gasteiger partial charge on any atom is -0.459 e. The van der Waals surface area contributed by atoms with Gasteiger partial charge >= 0.3 is 5.97 Å². The summed E-state index contributed by atoms with van der Waals surface area (Å²) in [5.41, 5.74) is 0.238. The number of morpholine rings is 1. The number of amides is 2. The number of benzene rings is 1. The van der Waals surface area contributed by atoms with Crippen LogP contribution >= 0.6 is 0 Å². The number of esters is 1. The molecule has 2 heterocycles. The van der Waals surface area contributed by atoms with E-state index in [1.54, 1.807) is 19.9 Å². The van der Waals surface area contributed by atoms with E-state index in [9.17, 15) is 22.8 Å². The first-order chi connectivity index (χ1) is 16.2. The van der Waals surface area contributed by atoms with E-state index in [4.69, 9.17) is 13.9 Å². The van der Waals surface area contributed by atoms with E-state index >= 15 is 0 Å². The van der Waals surface area contributed by atoms with Crippen LogP contribution in [0.3, 0.4) is 0 Å². The third-order valence-electron chi connectivity index (χ3n) is 5.02. The van der Waals surface area contributed by atoms with Gasteiger partial charge in [-0.1, -0.05) is 19.9 Å². The number of furan rings is 1. The van der Waals surface area contributed by atoms with Crippen LogP contribution in [0.5, 0.6) is 0 Å². The Balaban J connectivity index is 1.57. The van der Waals surface area contributed by atoms with Crippen LogP contribution in [0.15, 0.2) is 52.0 Å². The number of nitrogens with zero attached hydrogens (tertiary/aromatic N) is 1. The van der Waals surface area contributed by atoms with Crippen molar-refractivity contribution >= 4 is 33.5 Å². The highest BCUT2D eigenvalue weighted by atomic mass is 32.2. The van der Waals surface area contributed by atoms with Crippen LogP contribution in [-0.4, -0.2) is 69.5 Å². The topological polar surface area (TPSA) is 144 Å². The van der Waals surface area contributed by atoms with E-state index in [1.807, 2.05) is 0 Å². The van der Waals surface area contributed by atoms with Crippen LogP contribution in [-0.2, 0) is 29.1 Å². The molecule has 1 unspecified atom stereocenters. The first-order valence-electron chi connectivity index (χ1n) is 10.7. The standard InChI is InChI=1S/C22H27N3O8S/c1-15(2)20(24-21(27)18-7-4-10-32-18)22(28)33-14-19(26)23-16-5-3-6-17(13-16)34(29,30)25-8-11-31-12-9-25/h3-7,10,13,15,20H,8-9,11-12,14H2,1-2H3,(H,23,26)(H,24,27). The summed E-state index contributed by atoms with van der Waals surface area (Å²) in [7, 11) is -3.73. The highest BCUT2D eigenvalue weighted by molar-refractivity contribution is 7.89. The molecule has 11 nitrogen and oxygen atoms in total. The summed E-state index contributed by atoms with van der Waals surface area (Å²) in [5.74, 6) is -2.29. The molecule has 0 saturated carbocycles. The molecule has 1 aliphatic rings. The van der Waals surface area contributed by atoms with Crippen molar-refractivity contribution < 1.29 is 36.7 Å². The molecule has 1 atom stereocenters. The highest BCUT2D eigenvalue weighted by Gasteiger charge is 2.28. The van der Waals surface area contributed by atoms with Crippen LogP contribution < -0.4 is 10.6 Å². The van der Waals surface area contributed by atoms with Gasteiger partial charge in [0, 0.05) is 18.8 Å². The third kappa shape index (κ3) is 6.43. The molecule has 34 heavy (non-hydrogen) atoms. The molecule has 0 bridgehead atoms. The summed E-state index contributed by atoms with van der Waals surface area (Å²) >= 11 is 0. The minimum atomic E-state index is -3.73. The lowest BCUT2D eigenvalue weighted by molar-refractivity contribution is -0.150. The maximum atomic E-state index is 12.8. The van der Waals surface area contributed by atoms with Gasteiger partial charge in [0.05, 0.1) is 24.4 Å². The van der Waals surface area contributed by atoms with Crippen LogP contribution in [0, 0.1) is 5.92 Å². The minimum absolute atomic E-state index is 0.0321. The molecule has 3 rings (SSSR count). The predicted octanol–water partition coefficient (Wildman–Crippen LogP) is 1.24. The Kier molecular flexibility index (Phi) is 8.42. The fourth-order valence-electron chi connectivity index (χ4n) is 3.21. The molecule has 1 aromatic heterocycles. The van der Waals surface area contributed by atoms with E-state index in [0.717, 1.165) is 0 Å². The van der Waals surface area contributed by atoms with Crippen molar-refractivity contribution in [3.05, 3.63) is 48.4 Å². The first kappa shape index (κ1) is 25.4. The molecule has 2 amide bonds. The second kappa shape index (κ2) is 11.3. The monoisotopic (exact) mass is 493 g/mol. The van der Waals surface area contributed by atoms with Gasteiger partial charge in [0.25, 0.3) is 11.8 Å². The number of rotatable bonds is 9. The van der Waals surface area contributed by atoms with Crippen molar-refractivity contribution in [2.45, 2.75) is 24.8 Å². The van der Waals surface area contributed by atoms with E-state index in [0.29, 0.717) is 13.2 Å². The Morgan fingerprint density at radius 3 is 2.50 bits per heavy atom. The molecule has 0 radical (unpaired) electrons. The summed E-state index contributed by atoms with van der Waals surface area (Å²) < 4.78 is 42.2. The van der Waals surface area contributed by atoms with E-state index in [1.165, 1.54) is 40.9 Å². The summed E-state index contributed by atoms with van der Waals surface area (Å²) in [5, 5.41) is 5.05. The summed E-state index contributed by atoms with van der Waals surface area (Å²) in [6.07, 6.45) is 1.34. The number of anilines is 1. The van der Waals surface area contributed by atoms with E-state index in [-0.39, 0.29) is 35.4 Å². The molecule has 1 fully saturated rings. The van der Waals surface area contributed by atoms with Gasteiger partial charge in [0.2, 0.25) is 10.0 Å². The lowest BCUT2D eigenvalue weighted by Gasteiger charge is -2.26. The quantitative estimate of drug-likeness (QED) is 0.497. The maximum absolute atomic E-state index is 12.8. The molecule has 1 saturated heterocycles. The fraction of sp³-hybridized carbons (Fsp3) is 0.409. The van der Waals surface area contributed by atoms with E-state index in [2.05, 4.69) is 10.6 Å². The van der Waals surface area contributed by atoms with Crippen molar-refractivity contribution in [3.63, 3.8) is 0 Å². The SMILES string of the molecule is CC(C)C(NC(=O)c1ccco1)C(=O)OCC(=O)Nc1cccc(S(=O)(=O)N2CCOCC2)c1. The normalized spacial score (nSPS) is 15.5. The lowest BCUT2D eigenvalue weighted by atomic mass is 10.0. The zero-order valence-corrected chi connectivity index (χ0v) is 19.7. The molecule has 0 aliphatic carbocycles. The third-order valence-corrected chi connectivity index (χ3v) is 6.92. The number of carbonyl (C=O) groups excluding carboxylic acids is 3. The van der Waals surface area contributed by atoms with E-state index < -0.39 is 40.5 Å². The second-order valence-corrected chi connectivity index (χ2v) is 9.81. The molecular formula is C22H27N3O8S. The Bertz CT molecular complexity index is 1110. The molecule has 1 aliphatic heterocycles. The van der Waals surface area contributed by atoms with Crippen molar-refractivity contribution in [1.29, 1.82) is 0 Å². The Hall–Kier alpha value is -3.22. The molecule has 1 aromatic carbocycles.